The maximum Gasteiger partial charge on any atom is 0.128 e. The van der Waals surface area contributed by atoms with Crippen LogP contribution in [-0.4, -0.2) is 19.8 Å². The monoisotopic (exact) mass is 223 g/mol. The van der Waals surface area contributed by atoms with Crippen LogP contribution in [0, 0.1) is 11.7 Å². The summed E-state index contributed by atoms with van der Waals surface area (Å²) in [4.78, 5) is 5.31. The Kier molecular flexibility index (Phi) is 2.42. The molecule has 4 heteroatoms. The Labute approximate surface area is 93.5 Å². The largest absolute Gasteiger partial charge is 0.379 e. The van der Waals surface area contributed by atoms with E-state index < -0.39 is 5.54 Å². The summed E-state index contributed by atoms with van der Waals surface area (Å²) in [5.41, 5.74) is 3.12. The van der Waals surface area contributed by atoms with Gasteiger partial charge < -0.3 is 9.57 Å². The first-order chi connectivity index (χ1) is 7.83. The molecule has 1 unspecified atom stereocenters. The minimum absolute atomic E-state index is 0.198. The van der Waals surface area contributed by atoms with Crippen LogP contribution in [0.25, 0.3) is 0 Å². The number of ether oxygens (including phenoxy) is 1. The van der Waals surface area contributed by atoms with Gasteiger partial charge in [-0.2, -0.15) is 5.48 Å². The molecule has 2 saturated heterocycles. The van der Waals surface area contributed by atoms with Crippen LogP contribution in [0.4, 0.5) is 4.39 Å². The van der Waals surface area contributed by atoms with E-state index in [9.17, 15) is 4.39 Å². The highest BCUT2D eigenvalue weighted by Crippen LogP contribution is 2.40. The number of nitrogens with one attached hydrogen (secondary N) is 1. The van der Waals surface area contributed by atoms with E-state index in [4.69, 9.17) is 9.57 Å². The number of hydrogen-bond donors (Lipinski definition) is 1. The van der Waals surface area contributed by atoms with Crippen molar-refractivity contribution in [1.29, 1.82) is 0 Å². The molecule has 2 heterocycles. The third kappa shape index (κ3) is 1.38. The van der Waals surface area contributed by atoms with Crippen molar-refractivity contribution in [2.75, 3.05) is 19.8 Å². The number of rotatable bonds is 1. The van der Waals surface area contributed by atoms with E-state index in [0.29, 0.717) is 18.8 Å². The molecule has 0 aromatic heterocycles. The number of hydroxylamine groups is 1. The summed E-state index contributed by atoms with van der Waals surface area (Å²) in [6.45, 7) is 1.82. The molecule has 0 radical (unpaired) electrons. The summed E-state index contributed by atoms with van der Waals surface area (Å²) in [7, 11) is 0. The van der Waals surface area contributed by atoms with E-state index in [1.807, 2.05) is 6.07 Å². The van der Waals surface area contributed by atoms with Gasteiger partial charge in [0.2, 0.25) is 0 Å². The van der Waals surface area contributed by atoms with E-state index in [1.54, 1.807) is 12.1 Å². The maximum absolute atomic E-state index is 13.9. The van der Waals surface area contributed by atoms with Gasteiger partial charge in [-0.1, -0.05) is 18.2 Å². The van der Waals surface area contributed by atoms with Gasteiger partial charge in [-0.25, -0.2) is 4.39 Å². The van der Waals surface area contributed by atoms with Gasteiger partial charge in [-0.15, -0.1) is 0 Å². The molecule has 0 aliphatic carbocycles. The molecule has 16 heavy (non-hydrogen) atoms. The summed E-state index contributed by atoms with van der Waals surface area (Å²) in [5, 5.41) is 0. The Bertz CT molecular complexity index is 398. The van der Waals surface area contributed by atoms with Gasteiger partial charge in [0.15, 0.2) is 0 Å². The minimum atomic E-state index is -0.496. The molecule has 1 aromatic carbocycles. The van der Waals surface area contributed by atoms with Gasteiger partial charge in [0.25, 0.3) is 0 Å². The molecule has 0 bridgehead atoms. The topological polar surface area (TPSA) is 30.5 Å². The number of halogens is 1. The zero-order valence-electron chi connectivity index (χ0n) is 8.91. The van der Waals surface area contributed by atoms with Crippen molar-refractivity contribution >= 4 is 0 Å². The van der Waals surface area contributed by atoms with Crippen molar-refractivity contribution in [3.05, 3.63) is 35.6 Å². The molecule has 0 spiro atoms. The summed E-state index contributed by atoms with van der Waals surface area (Å²) >= 11 is 0. The fraction of sp³-hybridized carbons (Fsp3) is 0.500. The molecule has 0 amide bonds. The second-order valence-electron chi connectivity index (χ2n) is 4.40. The van der Waals surface area contributed by atoms with E-state index >= 15 is 0 Å². The molecule has 1 N–H and O–H groups in total. The first-order valence-corrected chi connectivity index (χ1v) is 5.55. The number of benzene rings is 1. The molecule has 1 aromatic rings. The molecule has 2 atom stereocenters. The van der Waals surface area contributed by atoms with Gasteiger partial charge >= 0.3 is 0 Å². The summed E-state index contributed by atoms with van der Waals surface area (Å²) in [6.07, 6.45) is 0.904. The maximum atomic E-state index is 13.9. The fourth-order valence-corrected chi connectivity index (χ4v) is 2.61. The Morgan fingerprint density at radius 1 is 1.38 bits per heavy atom. The molecular formula is C12H14FNO2. The Morgan fingerprint density at radius 3 is 3.12 bits per heavy atom. The van der Waals surface area contributed by atoms with Crippen molar-refractivity contribution in [1.82, 2.24) is 5.48 Å². The molecule has 2 aliphatic heterocycles. The molecule has 2 aliphatic rings. The lowest BCUT2D eigenvalue weighted by molar-refractivity contribution is -0.0226. The van der Waals surface area contributed by atoms with Crippen molar-refractivity contribution < 1.29 is 14.0 Å². The Balaban J connectivity index is 2.05. The number of hydrogen-bond acceptors (Lipinski definition) is 3. The highest BCUT2D eigenvalue weighted by atomic mass is 19.1. The quantitative estimate of drug-likeness (QED) is 0.784. The average molecular weight is 223 g/mol. The van der Waals surface area contributed by atoms with Crippen LogP contribution in [0.2, 0.25) is 0 Å². The second-order valence-corrected chi connectivity index (χ2v) is 4.40. The Morgan fingerprint density at radius 2 is 2.25 bits per heavy atom. The lowest BCUT2D eigenvalue weighted by Crippen LogP contribution is -2.49. The van der Waals surface area contributed by atoms with Crippen LogP contribution in [-0.2, 0) is 15.1 Å². The van der Waals surface area contributed by atoms with Crippen molar-refractivity contribution in [2.24, 2.45) is 5.92 Å². The molecule has 3 rings (SSSR count). The lowest BCUT2D eigenvalue weighted by Gasteiger charge is -2.37. The third-order valence-electron chi connectivity index (χ3n) is 3.53. The predicted molar refractivity (Wildman–Crippen MR) is 56.1 cm³/mol. The summed E-state index contributed by atoms with van der Waals surface area (Å²) in [6, 6.07) is 6.83. The summed E-state index contributed by atoms with van der Waals surface area (Å²) in [5.74, 6) is 0.0918. The van der Waals surface area contributed by atoms with Gasteiger partial charge in [-0.3, -0.25) is 0 Å². The van der Waals surface area contributed by atoms with Crippen LogP contribution >= 0.6 is 0 Å². The van der Waals surface area contributed by atoms with E-state index in [0.717, 1.165) is 13.0 Å². The van der Waals surface area contributed by atoms with Crippen LogP contribution in [0.3, 0.4) is 0 Å². The first kappa shape index (κ1) is 10.2. The summed E-state index contributed by atoms with van der Waals surface area (Å²) < 4.78 is 19.3. The van der Waals surface area contributed by atoms with Crippen molar-refractivity contribution in [3.8, 4) is 0 Å². The van der Waals surface area contributed by atoms with E-state index in [-0.39, 0.29) is 11.7 Å². The number of fused-ring (bicyclic) bond motifs is 1. The zero-order chi connectivity index (χ0) is 11.0. The standard InChI is InChI=1S/C12H14FNO2/c13-11-4-2-1-3-10(11)12-8-15-6-5-9(12)7-16-14-12/h1-4,9,14H,5-8H2/t9?,12-/m0/s1. The molecule has 0 saturated carbocycles. The smallest absolute Gasteiger partial charge is 0.128 e. The average Bonchev–Trinajstić information content (AvgIpc) is 2.74. The van der Waals surface area contributed by atoms with Crippen LogP contribution < -0.4 is 5.48 Å². The van der Waals surface area contributed by atoms with Crippen LogP contribution in [0.1, 0.15) is 12.0 Å². The van der Waals surface area contributed by atoms with Crippen molar-refractivity contribution in [2.45, 2.75) is 12.0 Å². The molecule has 2 fully saturated rings. The second kappa shape index (κ2) is 3.80. The van der Waals surface area contributed by atoms with Gasteiger partial charge in [0.1, 0.15) is 5.82 Å². The van der Waals surface area contributed by atoms with Crippen LogP contribution in [0.15, 0.2) is 24.3 Å². The highest BCUT2D eigenvalue weighted by Gasteiger charge is 2.49. The van der Waals surface area contributed by atoms with Gasteiger partial charge in [-0.05, 0) is 12.5 Å². The van der Waals surface area contributed by atoms with E-state index in [1.165, 1.54) is 6.07 Å². The molecule has 3 nitrogen and oxygen atoms in total. The third-order valence-corrected chi connectivity index (χ3v) is 3.53. The Hall–Kier alpha value is -0.970. The lowest BCUT2D eigenvalue weighted by atomic mass is 9.77. The van der Waals surface area contributed by atoms with Gasteiger partial charge in [0.05, 0.1) is 18.8 Å². The predicted octanol–water partition coefficient (Wildman–Crippen LogP) is 1.59. The minimum Gasteiger partial charge on any atom is -0.379 e. The van der Waals surface area contributed by atoms with E-state index in [2.05, 4.69) is 5.48 Å². The van der Waals surface area contributed by atoms with Gasteiger partial charge in [0, 0.05) is 18.1 Å². The zero-order valence-corrected chi connectivity index (χ0v) is 8.91. The SMILES string of the molecule is Fc1ccccc1[C@]12COCCC1CON2. The molecule has 86 valence electrons. The first-order valence-electron chi connectivity index (χ1n) is 5.55. The highest BCUT2D eigenvalue weighted by molar-refractivity contribution is 5.28. The fourth-order valence-electron chi connectivity index (χ4n) is 2.61. The normalized spacial score (nSPS) is 33.7. The van der Waals surface area contributed by atoms with Crippen LogP contribution in [0.5, 0.6) is 0 Å². The molecular weight excluding hydrogens is 209 g/mol. The van der Waals surface area contributed by atoms with Crippen molar-refractivity contribution in [3.63, 3.8) is 0 Å².